The van der Waals surface area contributed by atoms with Gasteiger partial charge in [0.15, 0.2) is 0 Å². The number of carbonyl (C=O) groups excluding carboxylic acids is 1. The highest BCUT2D eigenvalue weighted by Crippen LogP contribution is 2.32. The van der Waals surface area contributed by atoms with Gasteiger partial charge < -0.3 is 9.64 Å². The number of nitrogens with zero attached hydrogens (tertiary/aromatic N) is 4. The molecule has 1 saturated carbocycles. The van der Waals surface area contributed by atoms with E-state index >= 15 is 0 Å². The largest absolute Gasteiger partial charge is 0.490 e. The molecule has 6 nitrogen and oxygen atoms in total. The van der Waals surface area contributed by atoms with Crippen molar-refractivity contribution in [2.24, 2.45) is 13.0 Å². The Bertz CT molecular complexity index is 789. The number of amides is 1. The van der Waals surface area contributed by atoms with Gasteiger partial charge in [-0.05, 0) is 68.5 Å². The maximum atomic E-state index is 12.5. The molecule has 0 unspecified atom stereocenters. The Kier molecular flexibility index (Phi) is 5.67. The van der Waals surface area contributed by atoms with Gasteiger partial charge in [0.05, 0.1) is 6.10 Å². The van der Waals surface area contributed by atoms with Crippen molar-refractivity contribution >= 4 is 5.91 Å². The average molecular weight is 383 g/mol. The summed E-state index contributed by atoms with van der Waals surface area (Å²) in [6.45, 7) is 4.25. The molecule has 2 aromatic rings. The van der Waals surface area contributed by atoms with Crippen molar-refractivity contribution in [2.45, 2.75) is 38.3 Å². The summed E-state index contributed by atoms with van der Waals surface area (Å²) in [5.74, 6) is 1.48. The van der Waals surface area contributed by atoms with Crippen LogP contribution in [0.3, 0.4) is 0 Å². The van der Waals surface area contributed by atoms with E-state index in [1.807, 2.05) is 7.05 Å². The van der Waals surface area contributed by atoms with Gasteiger partial charge in [-0.15, -0.1) is 0 Å². The predicted molar refractivity (Wildman–Crippen MR) is 108 cm³/mol. The summed E-state index contributed by atoms with van der Waals surface area (Å²) in [5.41, 5.74) is 1.99. The predicted octanol–water partition coefficient (Wildman–Crippen LogP) is 2.95. The number of aromatic nitrogens is 2. The topological polar surface area (TPSA) is 50.6 Å². The fraction of sp³-hybridized carbons (Fsp3) is 0.545. The molecule has 1 aliphatic carbocycles. The monoisotopic (exact) mass is 382 g/mol. The van der Waals surface area contributed by atoms with Crippen LogP contribution in [0.2, 0.25) is 0 Å². The molecule has 0 spiro atoms. The molecule has 2 fully saturated rings. The molecule has 2 aliphatic rings. The highest BCUT2D eigenvalue weighted by Gasteiger charge is 2.33. The van der Waals surface area contributed by atoms with E-state index in [1.165, 1.54) is 31.5 Å². The van der Waals surface area contributed by atoms with Gasteiger partial charge in [-0.2, -0.15) is 5.10 Å². The molecule has 1 aliphatic heterocycles. The van der Waals surface area contributed by atoms with Crippen LogP contribution in [-0.2, 0) is 13.6 Å². The third-order valence-electron chi connectivity index (χ3n) is 5.94. The summed E-state index contributed by atoms with van der Waals surface area (Å²) in [6, 6.07) is 10.3. The first-order valence-corrected chi connectivity index (χ1v) is 10.3. The molecule has 150 valence electrons. The number of ether oxygens (including phenoxy) is 1. The van der Waals surface area contributed by atoms with Crippen LogP contribution >= 0.6 is 0 Å². The number of aryl methyl sites for hydroxylation is 1. The van der Waals surface area contributed by atoms with Crippen LogP contribution in [0.5, 0.6) is 5.75 Å². The summed E-state index contributed by atoms with van der Waals surface area (Å²) < 4.78 is 7.73. The van der Waals surface area contributed by atoms with Gasteiger partial charge in [-0.3, -0.25) is 14.4 Å². The highest BCUT2D eigenvalue weighted by molar-refractivity contribution is 5.92. The molecule has 28 heavy (non-hydrogen) atoms. The summed E-state index contributed by atoms with van der Waals surface area (Å²) in [7, 11) is 3.66. The van der Waals surface area contributed by atoms with Gasteiger partial charge >= 0.3 is 0 Å². The lowest BCUT2D eigenvalue weighted by molar-refractivity contribution is 0.0415. The molecule has 1 aromatic carbocycles. The summed E-state index contributed by atoms with van der Waals surface area (Å²) >= 11 is 0. The van der Waals surface area contributed by atoms with Crippen LogP contribution in [0, 0.1) is 5.92 Å². The van der Waals surface area contributed by atoms with Crippen LogP contribution < -0.4 is 4.74 Å². The van der Waals surface area contributed by atoms with E-state index in [2.05, 4.69) is 34.3 Å². The second kappa shape index (κ2) is 8.35. The summed E-state index contributed by atoms with van der Waals surface area (Å²) in [6.07, 6.45) is 6.57. The highest BCUT2D eigenvalue weighted by atomic mass is 16.5. The zero-order chi connectivity index (χ0) is 19.5. The lowest BCUT2D eigenvalue weighted by Crippen LogP contribution is -2.42. The number of carbonyl (C=O) groups is 1. The van der Waals surface area contributed by atoms with Crippen molar-refractivity contribution in [1.82, 2.24) is 19.6 Å². The van der Waals surface area contributed by atoms with Gasteiger partial charge in [0, 0.05) is 33.4 Å². The van der Waals surface area contributed by atoms with Gasteiger partial charge in [0.2, 0.25) is 0 Å². The standard InChI is InChI=1S/C22H30N4O2/c1-24(22(27)21-9-10-23-25(21)2)15-18-13-20(14-18)28-19-7-5-17(6-8-19)16-26-11-3-4-12-26/h5-10,18,20H,3-4,11-16H2,1-2H3. The summed E-state index contributed by atoms with van der Waals surface area (Å²) in [4.78, 5) is 16.8. The maximum absolute atomic E-state index is 12.5. The molecule has 0 N–H and O–H groups in total. The van der Waals surface area contributed by atoms with E-state index in [9.17, 15) is 4.79 Å². The van der Waals surface area contributed by atoms with Crippen LogP contribution in [0.4, 0.5) is 0 Å². The van der Waals surface area contributed by atoms with E-state index in [-0.39, 0.29) is 12.0 Å². The van der Waals surface area contributed by atoms with Crippen LogP contribution in [0.25, 0.3) is 0 Å². The molecule has 6 heteroatoms. The van der Waals surface area contributed by atoms with Crippen molar-refractivity contribution in [3.05, 3.63) is 47.8 Å². The lowest BCUT2D eigenvalue weighted by Gasteiger charge is -2.37. The third-order valence-corrected chi connectivity index (χ3v) is 5.94. The molecule has 0 radical (unpaired) electrons. The SMILES string of the molecule is CN(CC1CC(Oc2ccc(CN3CCCC3)cc2)C1)C(=O)c1ccnn1C. The molecule has 1 amide bonds. The average Bonchev–Trinajstić information content (AvgIpc) is 3.32. The molecule has 0 bridgehead atoms. The minimum Gasteiger partial charge on any atom is -0.490 e. The third kappa shape index (κ3) is 4.38. The van der Waals surface area contributed by atoms with Gasteiger partial charge in [0.1, 0.15) is 11.4 Å². The van der Waals surface area contributed by atoms with Crippen molar-refractivity contribution in [3.63, 3.8) is 0 Å². The molecular weight excluding hydrogens is 352 g/mol. The van der Waals surface area contributed by atoms with Crippen LogP contribution in [0.1, 0.15) is 41.7 Å². The number of hydrogen-bond donors (Lipinski definition) is 0. The van der Waals surface area contributed by atoms with E-state index in [4.69, 9.17) is 4.74 Å². The quantitative estimate of drug-likeness (QED) is 0.739. The van der Waals surface area contributed by atoms with E-state index in [0.29, 0.717) is 11.6 Å². The molecule has 1 aromatic heterocycles. The van der Waals surface area contributed by atoms with E-state index in [1.54, 1.807) is 28.9 Å². The number of hydrogen-bond acceptors (Lipinski definition) is 4. The Morgan fingerprint density at radius 2 is 1.89 bits per heavy atom. The molecule has 1 saturated heterocycles. The first-order valence-electron chi connectivity index (χ1n) is 10.3. The van der Waals surface area contributed by atoms with E-state index in [0.717, 1.165) is 31.7 Å². The zero-order valence-electron chi connectivity index (χ0n) is 16.9. The van der Waals surface area contributed by atoms with Gasteiger partial charge in [-0.25, -0.2) is 0 Å². The van der Waals surface area contributed by atoms with Crippen molar-refractivity contribution in [1.29, 1.82) is 0 Å². The number of rotatable bonds is 7. The fourth-order valence-electron chi connectivity index (χ4n) is 4.23. The lowest BCUT2D eigenvalue weighted by atomic mass is 9.82. The minimum absolute atomic E-state index is 0.0259. The second-order valence-corrected chi connectivity index (χ2v) is 8.23. The normalized spacial score (nSPS) is 22.1. The minimum atomic E-state index is 0.0259. The fourth-order valence-corrected chi connectivity index (χ4v) is 4.23. The first kappa shape index (κ1) is 19.0. The number of benzene rings is 1. The molecule has 4 rings (SSSR count). The Hall–Kier alpha value is -2.34. The van der Waals surface area contributed by atoms with Gasteiger partial charge in [0.25, 0.3) is 5.91 Å². The second-order valence-electron chi connectivity index (χ2n) is 8.23. The Morgan fingerprint density at radius 3 is 2.54 bits per heavy atom. The van der Waals surface area contributed by atoms with Crippen molar-refractivity contribution < 1.29 is 9.53 Å². The van der Waals surface area contributed by atoms with Crippen molar-refractivity contribution in [2.75, 3.05) is 26.7 Å². The van der Waals surface area contributed by atoms with E-state index < -0.39 is 0 Å². The van der Waals surface area contributed by atoms with Gasteiger partial charge in [-0.1, -0.05) is 12.1 Å². The van der Waals surface area contributed by atoms with Crippen LogP contribution in [-0.4, -0.2) is 58.3 Å². The molecule has 0 atom stereocenters. The Morgan fingerprint density at radius 1 is 1.18 bits per heavy atom. The maximum Gasteiger partial charge on any atom is 0.271 e. The van der Waals surface area contributed by atoms with Crippen LogP contribution in [0.15, 0.2) is 36.5 Å². The molecule has 2 heterocycles. The number of likely N-dealkylation sites (tertiary alicyclic amines) is 1. The smallest absolute Gasteiger partial charge is 0.271 e. The summed E-state index contributed by atoms with van der Waals surface area (Å²) in [5, 5.41) is 4.07. The van der Waals surface area contributed by atoms with Crippen molar-refractivity contribution in [3.8, 4) is 5.75 Å². The first-order chi connectivity index (χ1) is 13.6. The zero-order valence-corrected chi connectivity index (χ0v) is 16.9. The molecular formula is C22H30N4O2. The Balaban J connectivity index is 1.20. The Labute approximate surface area is 167 Å².